The lowest BCUT2D eigenvalue weighted by Crippen LogP contribution is -2.54. The number of carbonyl (C=O) groups is 1. The molecule has 35 heavy (non-hydrogen) atoms. The van der Waals surface area contributed by atoms with Gasteiger partial charge in [0.2, 0.25) is 5.79 Å². The molecule has 7 heteroatoms. The lowest BCUT2D eigenvalue weighted by Gasteiger charge is -2.47. The summed E-state index contributed by atoms with van der Waals surface area (Å²) >= 11 is 0. The lowest BCUT2D eigenvalue weighted by molar-refractivity contribution is -0.231. The minimum atomic E-state index is -0.527. The number of rotatable bonds is 4. The Balaban J connectivity index is 1.12. The van der Waals surface area contributed by atoms with Crippen LogP contribution in [0.3, 0.4) is 0 Å². The molecule has 0 atom stereocenters. The molecule has 6 rings (SSSR count). The highest BCUT2D eigenvalue weighted by atomic mass is 19.1. The average molecular weight is 481 g/mol. The van der Waals surface area contributed by atoms with Crippen molar-refractivity contribution in [3.8, 4) is 16.9 Å². The van der Waals surface area contributed by atoms with Crippen molar-refractivity contribution in [2.24, 2.45) is 0 Å². The van der Waals surface area contributed by atoms with Gasteiger partial charge in [0.05, 0.1) is 12.2 Å². The molecule has 2 aromatic rings. The first-order chi connectivity index (χ1) is 17.1. The molecule has 0 aromatic heterocycles. The minimum absolute atomic E-state index is 0.0321. The third kappa shape index (κ3) is 4.69. The van der Waals surface area contributed by atoms with E-state index in [-0.39, 0.29) is 17.5 Å². The van der Waals surface area contributed by atoms with Crippen molar-refractivity contribution in [1.29, 1.82) is 0 Å². The predicted octanol–water partition coefficient (Wildman–Crippen LogP) is 4.66. The van der Waals surface area contributed by atoms with Gasteiger partial charge in [-0.25, -0.2) is 4.39 Å². The van der Waals surface area contributed by atoms with Crippen LogP contribution in [0.4, 0.5) is 4.39 Å². The van der Waals surface area contributed by atoms with Gasteiger partial charge in [0.15, 0.2) is 0 Å². The number of likely N-dealkylation sites (tertiary alicyclic amines) is 1. The topological polar surface area (TPSA) is 60.0 Å². The molecule has 1 amide bonds. The zero-order valence-corrected chi connectivity index (χ0v) is 20.1. The van der Waals surface area contributed by atoms with Crippen LogP contribution < -0.4 is 10.1 Å². The van der Waals surface area contributed by atoms with Crippen LogP contribution in [0.25, 0.3) is 11.1 Å². The van der Waals surface area contributed by atoms with E-state index < -0.39 is 11.6 Å². The van der Waals surface area contributed by atoms with E-state index >= 15 is 0 Å². The molecule has 6 nitrogen and oxygen atoms in total. The molecule has 1 aliphatic carbocycles. The molecular weight excluding hydrogens is 447 g/mol. The summed E-state index contributed by atoms with van der Waals surface area (Å²) in [6, 6.07) is 11.5. The van der Waals surface area contributed by atoms with Crippen molar-refractivity contribution in [2.45, 2.75) is 69.4 Å². The molecule has 3 aliphatic heterocycles. The second-order valence-corrected chi connectivity index (χ2v) is 10.3. The quantitative estimate of drug-likeness (QED) is 0.690. The number of ether oxygens (including phenoxy) is 3. The van der Waals surface area contributed by atoms with Gasteiger partial charge in [-0.05, 0) is 61.1 Å². The molecule has 186 valence electrons. The van der Waals surface area contributed by atoms with E-state index in [0.29, 0.717) is 19.8 Å². The smallest absolute Gasteiger partial charge is 0.254 e. The first-order valence-corrected chi connectivity index (χ1v) is 13.0. The van der Waals surface area contributed by atoms with Gasteiger partial charge in [0.25, 0.3) is 5.91 Å². The van der Waals surface area contributed by atoms with E-state index in [1.165, 1.54) is 25.3 Å². The standard InChI is InChI=1S/C28H33FN2O4/c29-25-17-20(4-6-24(25)27(32)30-22-8-14-33-15-9-22)19-5-7-26-21(16-19)18-34-28(35-26)10-12-31(13-11-28)23-2-1-3-23/h4-7,16-17,22-23H,1-3,8-15,18H2,(H,30,32). The number of piperidine rings is 1. The molecule has 2 saturated heterocycles. The fourth-order valence-corrected chi connectivity index (χ4v) is 5.62. The molecular formula is C28H33FN2O4. The zero-order valence-electron chi connectivity index (χ0n) is 20.1. The SMILES string of the molecule is O=C(NC1CCOCC1)c1ccc(-c2ccc3c(c2)COC2(CCN(C4CCC4)CC2)O3)cc1F. The number of nitrogens with zero attached hydrogens (tertiary/aromatic N) is 1. The van der Waals surface area contributed by atoms with Gasteiger partial charge in [-0.15, -0.1) is 0 Å². The van der Waals surface area contributed by atoms with Crippen LogP contribution in [-0.2, 0) is 16.1 Å². The minimum Gasteiger partial charge on any atom is -0.462 e. The third-order valence-corrected chi connectivity index (χ3v) is 8.10. The Morgan fingerprint density at radius 3 is 2.46 bits per heavy atom. The Bertz CT molecular complexity index is 1090. The second kappa shape index (κ2) is 9.52. The van der Waals surface area contributed by atoms with Gasteiger partial charge in [-0.2, -0.15) is 0 Å². The van der Waals surface area contributed by atoms with E-state index in [4.69, 9.17) is 14.2 Å². The van der Waals surface area contributed by atoms with Crippen molar-refractivity contribution in [1.82, 2.24) is 10.2 Å². The van der Waals surface area contributed by atoms with Gasteiger partial charge in [-0.1, -0.05) is 18.6 Å². The number of hydrogen-bond donors (Lipinski definition) is 1. The van der Waals surface area contributed by atoms with Crippen LogP contribution >= 0.6 is 0 Å². The van der Waals surface area contributed by atoms with Crippen LogP contribution in [0, 0.1) is 5.82 Å². The molecule has 3 fully saturated rings. The van der Waals surface area contributed by atoms with E-state index in [0.717, 1.165) is 67.3 Å². The van der Waals surface area contributed by atoms with Gasteiger partial charge in [0.1, 0.15) is 11.6 Å². The third-order valence-electron chi connectivity index (χ3n) is 8.10. The zero-order chi connectivity index (χ0) is 23.8. The largest absolute Gasteiger partial charge is 0.462 e. The summed E-state index contributed by atoms with van der Waals surface area (Å²) in [5.74, 6) is -0.568. The van der Waals surface area contributed by atoms with Gasteiger partial charge >= 0.3 is 0 Å². The normalized spacial score (nSPS) is 22.8. The van der Waals surface area contributed by atoms with Crippen molar-refractivity contribution in [3.63, 3.8) is 0 Å². The van der Waals surface area contributed by atoms with Crippen molar-refractivity contribution >= 4 is 5.91 Å². The number of halogens is 1. The van der Waals surface area contributed by atoms with Crippen molar-refractivity contribution in [3.05, 3.63) is 53.3 Å². The van der Waals surface area contributed by atoms with Crippen LogP contribution in [0.5, 0.6) is 5.75 Å². The van der Waals surface area contributed by atoms with Gasteiger partial charge < -0.3 is 19.5 Å². The van der Waals surface area contributed by atoms with Gasteiger partial charge in [0, 0.05) is 56.8 Å². The van der Waals surface area contributed by atoms with E-state index in [1.807, 2.05) is 18.2 Å². The number of hydrogen-bond acceptors (Lipinski definition) is 5. The summed E-state index contributed by atoms with van der Waals surface area (Å²) in [6.45, 7) is 3.77. The highest BCUT2D eigenvalue weighted by molar-refractivity contribution is 5.95. The summed E-state index contributed by atoms with van der Waals surface area (Å²) in [4.78, 5) is 15.2. The number of nitrogens with one attached hydrogen (secondary N) is 1. The summed E-state index contributed by atoms with van der Waals surface area (Å²) in [5.41, 5.74) is 2.64. The number of fused-ring (bicyclic) bond motifs is 1. The lowest BCUT2D eigenvalue weighted by atomic mass is 9.89. The first kappa shape index (κ1) is 23.0. The second-order valence-electron chi connectivity index (χ2n) is 10.3. The van der Waals surface area contributed by atoms with E-state index in [1.54, 1.807) is 12.1 Å². The summed E-state index contributed by atoms with van der Waals surface area (Å²) in [5, 5.41) is 2.92. The maximum Gasteiger partial charge on any atom is 0.254 e. The van der Waals surface area contributed by atoms with Crippen LogP contribution in [0.1, 0.15) is 60.9 Å². The molecule has 1 spiro atoms. The molecule has 3 heterocycles. The Hall–Kier alpha value is -2.48. The molecule has 0 bridgehead atoms. The van der Waals surface area contributed by atoms with Gasteiger partial charge in [-0.3, -0.25) is 9.69 Å². The van der Waals surface area contributed by atoms with Crippen LogP contribution in [-0.4, -0.2) is 55.0 Å². The number of benzene rings is 2. The number of carbonyl (C=O) groups excluding carboxylic acids is 1. The average Bonchev–Trinajstić information content (AvgIpc) is 2.85. The Morgan fingerprint density at radius 2 is 1.74 bits per heavy atom. The van der Waals surface area contributed by atoms with Crippen LogP contribution in [0.2, 0.25) is 0 Å². The highest BCUT2D eigenvalue weighted by Crippen LogP contribution is 2.40. The fourth-order valence-electron chi connectivity index (χ4n) is 5.62. The summed E-state index contributed by atoms with van der Waals surface area (Å²) in [7, 11) is 0. The molecule has 0 radical (unpaired) electrons. The van der Waals surface area contributed by atoms with Crippen molar-refractivity contribution in [2.75, 3.05) is 26.3 Å². The highest BCUT2D eigenvalue weighted by Gasteiger charge is 2.42. The predicted molar refractivity (Wildman–Crippen MR) is 130 cm³/mol. The number of amides is 1. The van der Waals surface area contributed by atoms with E-state index in [9.17, 15) is 9.18 Å². The summed E-state index contributed by atoms with van der Waals surface area (Å²) < 4.78 is 32.9. The molecule has 1 N–H and O–H groups in total. The maximum atomic E-state index is 14.9. The van der Waals surface area contributed by atoms with Crippen LogP contribution in [0.15, 0.2) is 36.4 Å². The fraction of sp³-hybridized carbons (Fsp3) is 0.536. The van der Waals surface area contributed by atoms with Crippen molar-refractivity contribution < 1.29 is 23.4 Å². The summed E-state index contributed by atoms with van der Waals surface area (Å²) in [6.07, 6.45) is 7.27. The molecule has 2 aromatic carbocycles. The molecule has 0 unspecified atom stereocenters. The Morgan fingerprint density at radius 1 is 1.00 bits per heavy atom. The van der Waals surface area contributed by atoms with E-state index in [2.05, 4.69) is 10.2 Å². The molecule has 1 saturated carbocycles. The maximum absolute atomic E-state index is 14.9. The Kier molecular flexibility index (Phi) is 6.25. The first-order valence-electron chi connectivity index (χ1n) is 13.0. The Labute approximate surface area is 205 Å². The molecule has 4 aliphatic rings. The monoisotopic (exact) mass is 480 g/mol.